The molecule has 0 aromatic carbocycles. The first-order valence-corrected chi connectivity index (χ1v) is 22.9. The van der Waals surface area contributed by atoms with Crippen molar-refractivity contribution in [3.63, 3.8) is 0 Å². The highest BCUT2D eigenvalue weighted by molar-refractivity contribution is 5.69. The SMILES string of the molecule is CC/C=C\C/C=C\C/C=C\C/C=C\CCCCCCC(=O)OC(COCCCCCCCC/C=C\CCCCCCCCC)COC1OC(CO)C(O)C(O)C1O. The number of esters is 1. The van der Waals surface area contributed by atoms with Crippen LogP contribution in [-0.2, 0) is 23.7 Å². The highest BCUT2D eigenvalue weighted by Gasteiger charge is 2.44. The fraction of sp³-hybridized carbons (Fsp3) is 0.771. The summed E-state index contributed by atoms with van der Waals surface area (Å²) < 4.78 is 22.8. The molecule has 9 heteroatoms. The number of hydrogen-bond acceptors (Lipinski definition) is 9. The zero-order chi connectivity index (χ0) is 41.4. The van der Waals surface area contributed by atoms with Gasteiger partial charge >= 0.3 is 5.97 Å². The molecule has 0 aromatic heterocycles. The summed E-state index contributed by atoms with van der Waals surface area (Å²) in [5.41, 5.74) is 0. The Morgan fingerprint density at radius 2 is 1.07 bits per heavy atom. The van der Waals surface area contributed by atoms with Crippen LogP contribution in [0.15, 0.2) is 60.8 Å². The van der Waals surface area contributed by atoms with Gasteiger partial charge in [0.1, 0.15) is 30.5 Å². The molecule has 9 nitrogen and oxygen atoms in total. The van der Waals surface area contributed by atoms with Gasteiger partial charge in [0.05, 0.1) is 19.8 Å². The quantitative estimate of drug-likeness (QED) is 0.0273. The maximum atomic E-state index is 12.8. The first-order valence-electron chi connectivity index (χ1n) is 22.9. The number of hydrogen-bond donors (Lipinski definition) is 4. The minimum absolute atomic E-state index is 0.128. The molecule has 330 valence electrons. The van der Waals surface area contributed by atoms with E-state index in [9.17, 15) is 25.2 Å². The van der Waals surface area contributed by atoms with Crippen molar-refractivity contribution in [1.82, 2.24) is 0 Å². The number of ether oxygens (including phenoxy) is 4. The van der Waals surface area contributed by atoms with E-state index < -0.39 is 43.4 Å². The molecule has 0 amide bonds. The summed E-state index contributed by atoms with van der Waals surface area (Å²) in [6, 6.07) is 0. The van der Waals surface area contributed by atoms with E-state index in [-0.39, 0.29) is 25.6 Å². The van der Waals surface area contributed by atoms with Gasteiger partial charge in [0.2, 0.25) is 0 Å². The standard InChI is InChI=1S/C48H84O9/c1-3-5-7-9-11-13-15-17-19-21-23-25-27-29-31-33-35-37-44(50)56-42(41-55-48-47(53)46(52)45(51)43(39-49)57-48)40-54-38-36-34-32-30-28-26-24-22-20-18-16-14-12-10-8-6-4-2/h5,7,11,13,17,19-20,22-23,25,42-43,45-49,51-53H,3-4,6,8-10,12,14-16,18,21,24,26-41H2,1-2H3/b7-5-,13-11-,19-17-,22-20-,25-23-. The van der Waals surface area contributed by atoms with Crippen LogP contribution in [0.4, 0.5) is 0 Å². The lowest BCUT2D eigenvalue weighted by Gasteiger charge is -2.39. The van der Waals surface area contributed by atoms with Gasteiger partial charge in [0.25, 0.3) is 0 Å². The monoisotopic (exact) mass is 805 g/mol. The summed E-state index contributed by atoms with van der Waals surface area (Å²) in [5.74, 6) is -0.340. The molecule has 4 N–H and O–H groups in total. The molecule has 57 heavy (non-hydrogen) atoms. The summed E-state index contributed by atoms with van der Waals surface area (Å²) >= 11 is 0. The molecule has 0 spiro atoms. The average Bonchev–Trinajstić information content (AvgIpc) is 3.21. The third-order valence-electron chi connectivity index (χ3n) is 10.2. The number of allylic oxidation sites excluding steroid dienone is 10. The van der Waals surface area contributed by atoms with Gasteiger partial charge in [-0.1, -0.05) is 152 Å². The van der Waals surface area contributed by atoms with Crippen LogP contribution in [-0.4, -0.2) is 89.6 Å². The van der Waals surface area contributed by atoms with E-state index in [4.69, 9.17) is 18.9 Å². The van der Waals surface area contributed by atoms with Crippen LogP contribution in [0.3, 0.4) is 0 Å². The van der Waals surface area contributed by atoms with E-state index in [1.807, 2.05) is 0 Å². The second kappa shape index (κ2) is 39.4. The van der Waals surface area contributed by atoms with Crippen LogP contribution in [0.2, 0.25) is 0 Å². The van der Waals surface area contributed by atoms with Gasteiger partial charge < -0.3 is 39.4 Å². The summed E-state index contributed by atoms with van der Waals surface area (Å²) in [4.78, 5) is 12.8. The predicted octanol–water partition coefficient (Wildman–Crippen LogP) is 10.3. The highest BCUT2D eigenvalue weighted by atomic mass is 16.7. The van der Waals surface area contributed by atoms with E-state index in [0.717, 1.165) is 83.5 Å². The molecule has 6 atom stereocenters. The largest absolute Gasteiger partial charge is 0.457 e. The number of aliphatic hydroxyl groups excluding tert-OH is 4. The maximum Gasteiger partial charge on any atom is 0.306 e. The fourth-order valence-corrected chi connectivity index (χ4v) is 6.59. The summed E-state index contributed by atoms with van der Waals surface area (Å²) in [6.07, 6.45) is 42.4. The molecule has 1 fully saturated rings. The molecule has 0 aromatic rings. The van der Waals surface area contributed by atoms with Crippen LogP contribution in [0, 0.1) is 0 Å². The molecule has 0 bridgehead atoms. The minimum atomic E-state index is -1.54. The van der Waals surface area contributed by atoms with Gasteiger partial charge in [-0.15, -0.1) is 0 Å². The second-order valence-electron chi connectivity index (χ2n) is 15.5. The topological polar surface area (TPSA) is 135 Å². The van der Waals surface area contributed by atoms with Crippen LogP contribution in [0.5, 0.6) is 0 Å². The van der Waals surface area contributed by atoms with Crippen molar-refractivity contribution in [1.29, 1.82) is 0 Å². The Morgan fingerprint density at radius 1 is 0.579 bits per heavy atom. The van der Waals surface area contributed by atoms with Crippen LogP contribution >= 0.6 is 0 Å². The van der Waals surface area contributed by atoms with Crippen molar-refractivity contribution in [2.24, 2.45) is 0 Å². The molecular weight excluding hydrogens is 721 g/mol. The zero-order valence-electron chi connectivity index (χ0n) is 36.1. The van der Waals surface area contributed by atoms with E-state index in [1.54, 1.807) is 0 Å². The Kier molecular flexibility index (Phi) is 36.5. The Balaban J connectivity index is 2.29. The number of aliphatic hydroxyl groups is 4. The molecule has 0 radical (unpaired) electrons. The van der Waals surface area contributed by atoms with Gasteiger partial charge in [0.15, 0.2) is 6.29 Å². The fourth-order valence-electron chi connectivity index (χ4n) is 6.59. The number of rotatable bonds is 38. The Labute approximate surface area is 347 Å². The van der Waals surface area contributed by atoms with E-state index in [2.05, 4.69) is 74.6 Å². The molecule has 0 saturated carbocycles. The smallest absolute Gasteiger partial charge is 0.306 e. The van der Waals surface area contributed by atoms with Crippen molar-refractivity contribution in [2.45, 2.75) is 211 Å². The van der Waals surface area contributed by atoms with Crippen LogP contribution in [0.1, 0.15) is 174 Å². The predicted molar refractivity (Wildman–Crippen MR) is 233 cm³/mol. The molecule has 6 unspecified atom stereocenters. The number of carbonyl (C=O) groups excluding carboxylic acids is 1. The highest BCUT2D eigenvalue weighted by Crippen LogP contribution is 2.22. The van der Waals surface area contributed by atoms with Gasteiger partial charge in [-0.3, -0.25) is 4.79 Å². The normalized spacial score (nSPS) is 21.0. The van der Waals surface area contributed by atoms with Gasteiger partial charge in [-0.25, -0.2) is 0 Å². The molecule has 1 saturated heterocycles. The van der Waals surface area contributed by atoms with E-state index in [1.165, 1.54) is 70.6 Å². The van der Waals surface area contributed by atoms with Gasteiger partial charge in [-0.05, 0) is 77.0 Å². The Bertz CT molecular complexity index is 1050. The van der Waals surface area contributed by atoms with Crippen LogP contribution < -0.4 is 0 Å². The van der Waals surface area contributed by atoms with Crippen molar-refractivity contribution in [3.8, 4) is 0 Å². The first kappa shape index (κ1) is 52.9. The average molecular weight is 805 g/mol. The third kappa shape index (κ3) is 30.6. The Morgan fingerprint density at radius 3 is 1.63 bits per heavy atom. The van der Waals surface area contributed by atoms with Crippen molar-refractivity contribution >= 4 is 5.97 Å². The van der Waals surface area contributed by atoms with Gasteiger partial charge in [0, 0.05) is 13.0 Å². The molecule has 1 rings (SSSR count). The van der Waals surface area contributed by atoms with E-state index >= 15 is 0 Å². The lowest BCUT2D eigenvalue weighted by molar-refractivity contribution is -0.305. The van der Waals surface area contributed by atoms with Crippen LogP contribution in [0.25, 0.3) is 0 Å². The number of unbranched alkanes of at least 4 members (excludes halogenated alkanes) is 17. The molecular formula is C48H84O9. The summed E-state index contributed by atoms with van der Waals surface area (Å²) in [7, 11) is 0. The second-order valence-corrected chi connectivity index (χ2v) is 15.5. The van der Waals surface area contributed by atoms with Crippen molar-refractivity contribution in [3.05, 3.63) is 60.8 Å². The maximum absolute atomic E-state index is 12.8. The van der Waals surface area contributed by atoms with Crippen molar-refractivity contribution < 1.29 is 44.2 Å². The zero-order valence-corrected chi connectivity index (χ0v) is 36.1. The molecule has 1 heterocycles. The Hall–Kier alpha value is -2.11. The third-order valence-corrected chi connectivity index (χ3v) is 10.2. The molecule has 1 aliphatic rings. The lowest BCUT2D eigenvalue weighted by atomic mass is 9.99. The number of carbonyl (C=O) groups is 1. The first-order chi connectivity index (χ1) is 27.9. The van der Waals surface area contributed by atoms with Gasteiger partial charge in [-0.2, -0.15) is 0 Å². The molecule has 1 aliphatic heterocycles. The summed E-state index contributed by atoms with van der Waals surface area (Å²) in [5, 5.41) is 40.1. The van der Waals surface area contributed by atoms with E-state index in [0.29, 0.717) is 6.61 Å². The van der Waals surface area contributed by atoms with Crippen molar-refractivity contribution in [2.75, 3.05) is 26.4 Å². The molecule has 0 aliphatic carbocycles. The lowest BCUT2D eigenvalue weighted by Crippen LogP contribution is -2.59. The summed E-state index contributed by atoms with van der Waals surface area (Å²) in [6.45, 7) is 4.39. The minimum Gasteiger partial charge on any atom is -0.457 e.